The average molecular weight is 474 g/mol. The van der Waals surface area contributed by atoms with E-state index in [4.69, 9.17) is 32.4 Å². The quantitative estimate of drug-likeness (QED) is 0.393. The SMILES string of the molecule is CCC(C(=O)O)C1CCc2cc(OCCc3nc(-c4ccc(Cl)c(Cl)c4)oc3C)ccc21. The summed E-state index contributed by atoms with van der Waals surface area (Å²) in [5, 5.41) is 10.5. The summed E-state index contributed by atoms with van der Waals surface area (Å²) in [5.74, 6) is 1.07. The Bertz CT molecular complexity index is 1140. The highest BCUT2D eigenvalue weighted by molar-refractivity contribution is 6.42. The summed E-state index contributed by atoms with van der Waals surface area (Å²) in [6.07, 6.45) is 3.00. The van der Waals surface area contributed by atoms with Crippen molar-refractivity contribution in [1.82, 2.24) is 4.98 Å². The Hall–Kier alpha value is -2.50. The molecular weight excluding hydrogens is 449 g/mol. The third-order valence-corrected chi connectivity index (χ3v) is 6.89. The van der Waals surface area contributed by atoms with Gasteiger partial charge in [-0.1, -0.05) is 36.2 Å². The summed E-state index contributed by atoms with van der Waals surface area (Å²) in [4.78, 5) is 16.2. The summed E-state index contributed by atoms with van der Waals surface area (Å²) in [5.41, 5.74) is 3.94. The fourth-order valence-electron chi connectivity index (χ4n) is 4.44. The van der Waals surface area contributed by atoms with Crippen LogP contribution in [0.4, 0.5) is 0 Å². The van der Waals surface area contributed by atoms with Gasteiger partial charge < -0.3 is 14.3 Å². The van der Waals surface area contributed by atoms with E-state index < -0.39 is 5.97 Å². The fraction of sp³-hybridized carbons (Fsp3) is 0.360. The molecule has 7 heteroatoms. The first-order valence-corrected chi connectivity index (χ1v) is 11.5. The van der Waals surface area contributed by atoms with Gasteiger partial charge in [-0.25, -0.2) is 4.98 Å². The van der Waals surface area contributed by atoms with E-state index in [1.165, 1.54) is 5.56 Å². The van der Waals surface area contributed by atoms with Crippen molar-refractivity contribution in [3.8, 4) is 17.2 Å². The molecule has 0 amide bonds. The van der Waals surface area contributed by atoms with Crippen molar-refractivity contribution in [3.63, 3.8) is 0 Å². The molecule has 0 aliphatic heterocycles. The van der Waals surface area contributed by atoms with Crippen LogP contribution in [0.2, 0.25) is 10.0 Å². The van der Waals surface area contributed by atoms with Crippen molar-refractivity contribution in [2.45, 2.75) is 45.4 Å². The maximum absolute atomic E-state index is 11.6. The standard InChI is InChI=1S/C25H25Cl2NO4/c1-3-18(25(29)30)20-7-4-15-12-17(6-8-19(15)20)31-11-10-23-14(2)32-24(28-23)16-5-9-21(26)22(27)13-16/h5-6,8-9,12-13,18,20H,3-4,7,10-11H2,1-2H3,(H,29,30). The molecule has 0 saturated carbocycles. The first-order valence-electron chi connectivity index (χ1n) is 10.8. The predicted molar refractivity (Wildman–Crippen MR) is 125 cm³/mol. The van der Waals surface area contributed by atoms with Crippen LogP contribution in [0.25, 0.3) is 11.5 Å². The summed E-state index contributed by atoms with van der Waals surface area (Å²) in [6.45, 7) is 4.28. The van der Waals surface area contributed by atoms with Gasteiger partial charge in [-0.15, -0.1) is 0 Å². The summed E-state index contributed by atoms with van der Waals surface area (Å²) in [7, 11) is 0. The zero-order valence-electron chi connectivity index (χ0n) is 18.0. The number of hydrogen-bond acceptors (Lipinski definition) is 4. The molecule has 0 spiro atoms. The van der Waals surface area contributed by atoms with Gasteiger partial charge in [0.1, 0.15) is 11.5 Å². The molecule has 5 nitrogen and oxygen atoms in total. The molecule has 168 valence electrons. The third-order valence-electron chi connectivity index (χ3n) is 6.15. The number of halogens is 2. The second kappa shape index (κ2) is 9.55. The maximum Gasteiger partial charge on any atom is 0.307 e. The number of fused-ring (bicyclic) bond motifs is 1. The van der Waals surface area contributed by atoms with Crippen LogP contribution >= 0.6 is 23.2 Å². The number of hydrogen-bond donors (Lipinski definition) is 1. The number of oxazole rings is 1. The molecular formula is C25H25Cl2NO4. The van der Waals surface area contributed by atoms with Gasteiger partial charge in [0.2, 0.25) is 5.89 Å². The van der Waals surface area contributed by atoms with E-state index in [2.05, 4.69) is 4.98 Å². The minimum atomic E-state index is -0.714. The number of aryl methyl sites for hydroxylation is 2. The zero-order chi connectivity index (χ0) is 22.8. The fourth-order valence-corrected chi connectivity index (χ4v) is 4.74. The number of carboxylic acids is 1. The van der Waals surface area contributed by atoms with Gasteiger partial charge in [0, 0.05) is 12.0 Å². The summed E-state index contributed by atoms with van der Waals surface area (Å²) in [6, 6.07) is 11.3. The topological polar surface area (TPSA) is 72.6 Å². The molecule has 1 N–H and O–H groups in total. The van der Waals surface area contributed by atoms with Gasteiger partial charge >= 0.3 is 5.97 Å². The van der Waals surface area contributed by atoms with Crippen molar-refractivity contribution < 1.29 is 19.1 Å². The van der Waals surface area contributed by atoms with Crippen LogP contribution in [0.5, 0.6) is 5.75 Å². The molecule has 0 radical (unpaired) electrons. The number of benzene rings is 2. The molecule has 4 rings (SSSR count). The van der Waals surface area contributed by atoms with Crippen LogP contribution in [0.1, 0.15) is 48.3 Å². The minimum Gasteiger partial charge on any atom is -0.493 e. The Balaban J connectivity index is 1.40. The van der Waals surface area contributed by atoms with E-state index in [1.807, 2.05) is 38.1 Å². The molecule has 2 atom stereocenters. The monoisotopic (exact) mass is 473 g/mol. The molecule has 3 aromatic rings. The highest BCUT2D eigenvalue weighted by atomic mass is 35.5. The van der Waals surface area contributed by atoms with Crippen LogP contribution in [0.15, 0.2) is 40.8 Å². The molecule has 2 aromatic carbocycles. The second-order valence-corrected chi connectivity index (χ2v) is 8.92. The highest BCUT2D eigenvalue weighted by Crippen LogP contribution is 2.41. The first kappa shape index (κ1) is 22.7. The number of nitrogens with zero attached hydrogens (tertiary/aromatic N) is 1. The third kappa shape index (κ3) is 4.64. The van der Waals surface area contributed by atoms with Crippen molar-refractivity contribution >= 4 is 29.2 Å². The summed E-state index contributed by atoms with van der Waals surface area (Å²) < 4.78 is 11.8. The van der Waals surface area contributed by atoms with Gasteiger partial charge in [-0.2, -0.15) is 0 Å². The maximum atomic E-state index is 11.6. The lowest BCUT2D eigenvalue weighted by molar-refractivity contribution is -0.142. The number of aliphatic carboxylic acids is 1. The Kier molecular flexibility index (Phi) is 6.77. The number of carbonyl (C=O) groups is 1. The van der Waals surface area contributed by atoms with Crippen LogP contribution < -0.4 is 4.74 Å². The lowest BCUT2D eigenvalue weighted by Crippen LogP contribution is -2.19. The van der Waals surface area contributed by atoms with E-state index in [0.717, 1.165) is 41.2 Å². The van der Waals surface area contributed by atoms with Crippen molar-refractivity contribution in [2.24, 2.45) is 5.92 Å². The number of carboxylic acid groups (broad SMARTS) is 1. The van der Waals surface area contributed by atoms with E-state index in [0.29, 0.717) is 35.4 Å². The molecule has 1 aromatic heterocycles. The lowest BCUT2D eigenvalue weighted by atomic mass is 9.85. The summed E-state index contributed by atoms with van der Waals surface area (Å²) >= 11 is 12.1. The molecule has 1 heterocycles. The molecule has 32 heavy (non-hydrogen) atoms. The second-order valence-electron chi connectivity index (χ2n) is 8.11. The van der Waals surface area contributed by atoms with Gasteiger partial charge in [-0.3, -0.25) is 4.79 Å². The molecule has 1 aliphatic carbocycles. The molecule has 1 aliphatic rings. The van der Waals surface area contributed by atoms with Gasteiger partial charge in [-0.05, 0) is 73.6 Å². The smallest absolute Gasteiger partial charge is 0.307 e. The van der Waals surface area contributed by atoms with Gasteiger partial charge in [0.25, 0.3) is 0 Å². The van der Waals surface area contributed by atoms with E-state index in [-0.39, 0.29) is 11.8 Å². The molecule has 0 fully saturated rings. The van der Waals surface area contributed by atoms with Crippen LogP contribution in [0, 0.1) is 12.8 Å². The number of rotatable bonds is 8. The Morgan fingerprint density at radius 2 is 2.06 bits per heavy atom. The van der Waals surface area contributed by atoms with E-state index in [1.54, 1.807) is 12.1 Å². The Morgan fingerprint density at radius 3 is 2.78 bits per heavy atom. The average Bonchev–Trinajstić information content (AvgIpc) is 3.34. The van der Waals surface area contributed by atoms with E-state index in [9.17, 15) is 9.90 Å². The van der Waals surface area contributed by atoms with E-state index >= 15 is 0 Å². The molecule has 0 saturated heterocycles. The van der Waals surface area contributed by atoms with Crippen molar-refractivity contribution in [1.29, 1.82) is 0 Å². The molecule has 2 unspecified atom stereocenters. The Morgan fingerprint density at radius 1 is 1.25 bits per heavy atom. The lowest BCUT2D eigenvalue weighted by Gasteiger charge is -2.19. The minimum absolute atomic E-state index is 0.0825. The van der Waals surface area contributed by atoms with Crippen LogP contribution in [-0.2, 0) is 17.6 Å². The predicted octanol–water partition coefficient (Wildman–Crippen LogP) is 6.72. The largest absolute Gasteiger partial charge is 0.493 e. The Labute approximate surface area is 197 Å². The van der Waals surface area contributed by atoms with Crippen molar-refractivity contribution in [3.05, 3.63) is 69.0 Å². The van der Waals surface area contributed by atoms with Crippen LogP contribution in [0.3, 0.4) is 0 Å². The van der Waals surface area contributed by atoms with Gasteiger partial charge in [0.15, 0.2) is 0 Å². The normalized spacial score (nSPS) is 16.1. The number of ether oxygens (including phenoxy) is 1. The zero-order valence-corrected chi connectivity index (χ0v) is 19.5. The van der Waals surface area contributed by atoms with Crippen LogP contribution in [-0.4, -0.2) is 22.7 Å². The first-order chi connectivity index (χ1) is 15.4. The highest BCUT2D eigenvalue weighted by Gasteiger charge is 2.33. The molecule has 0 bridgehead atoms. The number of aromatic nitrogens is 1. The van der Waals surface area contributed by atoms with Gasteiger partial charge in [0.05, 0.1) is 28.3 Å². The van der Waals surface area contributed by atoms with Crippen molar-refractivity contribution in [2.75, 3.05) is 6.61 Å².